The van der Waals surface area contributed by atoms with Crippen LogP contribution >= 0.6 is 0 Å². The molecule has 0 radical (unpaired) electrons. The number of hydrogen-bond donors (Lipinski definition) is 1. The molecule has 0 spiro atoms. The van der Waals surface area contributed by atoms with Gasteiger partial charge < -0.3 is 19.5 Å². The van der Waals surface area contributed by atoms with Gasteiger partial charge in [0.1, 0.15) is 23.7 Å². The van der Waals surface area contributed by atoms with Crippen LogP contribution in [0.25, 0.3) is 0 Å². The van der Waals surface area contributed by atoms with Crippen LogP contribution in [0.15, 0.2) is 18.2 Å². The monoisotopic (exact) mass is 299 g/mol. The Morgan fingerprint density at radius 1 is 1.38 bits per heavy atom. The number of carbonyl (C=O) groups excluding carboxylic acids is 2. The molecule has 0 saturated heterocycles. The third-order valence-corrected chi connectivity index (χ3v) is 2.68. The molecule has 0 aliphatic heterocycles. The smallest absolute Gasteiger partial charge is 0.325 e. The van der Waals surface area contributed by atoms with E-state index in [1.165, 1.54) is 19.2 Å². The lowest BCUT2D eigenvalue weighted by Gasteiger charge is -2.22. The maximum absolute atomic E-state index is 13.7. The standard InChI is InChI=1S/C14H18FNO5/c1-3-21-12(18)9-16(7-8-20-2)14(19)13-10(15)5-4-6-11(13)17/h4-6,17H,3,7-9H2,1-2H3. The maximum Gasteiger partial charge on any atom is 0.325 e. The number of aromatic hydroxyl groups is 1. The van der Waals surface area contributed by atoms with Crippen molar-refractivity contribution >= 4 is 11.9 Å². The first kappa shape index (κ1) is 16.9. The van der Waals surface area contributed by atoms with Crippen molar-refractivity contribution in [2.75, 3.05) is 33.4 Å². The van der Waals surface area contributed by atoms with Gasteiger partial charge in [0.2, 0.25) is 0 Å². The molecule has 0 aromatic heterocycles. The van der Waals surface area contributed by atoms with E-state index >= 15 is 0 Å². The fourth-order valence-corrected chi connectivity index (χ4v) is 1.70. The summed E-state index contributed by atoms with van der Waals surface area (Å²) in [6.45, 7) is 1.71. The summed E-state index contributed by atoms with van der Waals surface area (Å²) in [6.07, 6.45) is 0. The van der Waals surface area contributed by atoms with Crippen LogP contribution in [0.2, 0.25) is 0 Å². The molecule has 1 amide bonds. The highest BCUT2D eigenvalue weighted by Crippen LogP contribution is 2.21. The van der Waals surface area contributed by atoms with Gasteiger partial charge in [-0.1, -0.05) is 6.07 Å². The van der Waals surface area contributed by atoms with Crippen molar-refractivity contribution in [3.05, 3.63) is 29.6 Å². The van der Waals surface area contributed by atoms with Crippen molar-refractivity contribution in [2.24, 2.45) is 0 Å². The fraction of sp³-hybridized carbons (Fsp3) is 0.429. The summed E-state index contributed by atoms with van der Waals surface area (Å²) in [5.41, 5.74) is -0.474. The van der Waals surface area contributed by atoms with E-state index < -0.39 is 29.0 Å². The molecule has 0 heterocycles. The number of rotatable bonds is 7. The lowest BCUT2D eigenvalue weighted by molar-refractivity contribution is -0.143. The summed E-state index contributed by atoms with van der Waals surface area (Å²) < 4.78 is 23.3. The molecule has 6 nitrogen and oxygen atoms in total. The molecule has 21 heavy (non-hydrogen) atoms. The number of benzene rings is 1. The van der Waals surface area contributed by atoms with Crippen molar-refractivity contribution in [1.82, 2.24) is 4.90 Å². The van der Waals surface area contributed by atoms with Crippen LogP contribution in [-0.2, 0) is 14.3 Å². The van der Waals surface area contributed by atoms with E-state index in [-0.39, 0.29) is 26.3 Å². The number of halogens is 1. The zero-order valence-electron chi connectivity index (χ0n) is 12.0. The Kier molecular flexibility index (Phi) is 6.61. The number of phenolic OH excluding ortho intramolecular Hbond substituents is 1. The van der Waals surface area contributed by atoms with Gasteiger partial charge in [-0.2, -0.15) is 0 Å². The highest BCUT2D eigenvalue weighted by Gasteiger charge is 2.24. The van der Waals surface area contributed by atoms with Gasteiger partial charge in [-0.3, -0.25) is 9.59 Å². The van der Waals surface area contributed by atoms with Gasteiger partial charge >= 0.3 is 5.97 Å². The summed E-state index contributed by atoms with van der Waals surface area (Å²) in [7, 11) is 1.44. The predicted octanol–water partition coefficient (Wildman–Crippen LogP) is 1.18. The van der Waals surface area contributed by atoms with Crippen LogP contribution in [-0.4, -0.2) is 55.3 Å². The molecule has 0 saturated carbocycles. The SMILES string of the molecule is CCOC(=O)CN(CCOC)C(=O)c1c(O)cccc1F. The van der Waals surface area contributed by atoms with Crippen LogP contribution < -0.4 is 0 Å². The first-order chi connectivity index (χ1) is 10.0. The van der Waals surface area contributed by atoms with E-state index in [9.17, 15) is 19.1 Å². The van der Waals surface area contributed by atoms with Gasteiger partial charge in [0.25, 0.3) is 5.91 Å². The third kappa shape index (κ3) is 4.71. The molecular weight excluding hydrogens is 281 g/mol. The molecule has 0 atom stereocenters. The van der Waals surface area contributed by atoms with Gasteiger partial charge in [0.05, 0.1) is 13.2 Å². The molecule has 116 valence electrons. The van der Waals surface area contributed by atoms with Gasteiger partial charge in [0, 0.05) is 13.7 Å². The van der Waals surface area contributed by atoms with Crippen LogP contribution in [0, 0.1) is 5.82 Å². The number of methoxy groups -OCH3 is 1. The number of phenols is 1. The molecule has 0 fully saturated rings. The van der Waals surface area contributed by atoms with Crippen molar-refractivity contribution in [3.63, 3.8) is 0 Å². The Morgan fingerprint density at radius 2 is 2.10 bits per heavy atom. The number of ether oxygens (including phenoxy) is 2. The quantitative estimate of drug-likeness (QED) is 0.765. The van der Waals surface area contributed by atoms with E-state index in [0.29, 0.717) is 0 Å². The molecular formula is C14H18FNO5. The van der Waals surface area contributed by atoms with Crippen molar-refractivity contribution in [2.45, 2.75) is 6.92 Å². The fourth-order valence-electron chi connectivity index (χ4n) is 1.70. The summed E-state index contributed by atoms with van der Waals surface area (Å²) in [5.74, 6) is -2.74. The Morgan fingerprint density at radius 3 is 2.67 bits per heavy atom. The van der Waals surface area contributed by atoms with Gasteiger partial charge in [-0.25, -0.2) is 4.39 Å². The first-order valence-electron chi connectivity index (χ1n) is 6.42. The predicted molar refractivity (Wildman–Crippen MR) is 72.5 cm³/mol. The summed E-state index contributed by atoms with van der Waals surface area (Å²) in [6, 6.07) is 3.55. The van der Waals surface area contributed by atoms with Crippen molar-refractivity contribution in [1.29, 1.82) is 0 Å². The van der Waals surface area contributed by atoms with Gasteiger partial charge in [-0.05, 0) is 19.1 Å². The van der Waals surface area contributed by atoms with E-state index in [1.807, 2.05) is 0 Å². The number of nitrogens with zero attached hydrogens (tertiary/aromatic N) is 1. The third-order valence-electron chi connectivity index (χ3n) is 2.68. The molecule has 0 unspecified atom stereocenters. The number of esters is 1. The Hall–Kier alpha value is -2.15. The number of carbonyl (C=O) groups is 2. The van der Waals surface area contributed by atoms with Crippen molar-refractivity contribution in [3.8, 4) is 5.75 Å². The Balaban J connectivity index is 2.96. The number of amides is 1. The van der Waals surface area contributed by atoms with Crippen molar-refractivity contribution < 1.29 is 28.6 Å². The van der Waals surface area contributed by atoms with Crippen LogP contribution in [0.4, 0.5) is 4.39 Å². The van der Waals surface area contributed by atoms with E-state index in [1.54, 1.807) is 6.92 Å². The molecule has 0 aliphatic rings. The minimum absolute atomic E-state index is 0.0714. The number of hydrogen-bond acceptors (Lipinski definition) is 5. The average Bonchev–Trinajstić information content (AvgIpc) is 2.43. The zero-order chi connectivity index (χ0) is 15.8. The average molecular weight is 299 g/mol. The summed E-state index contributed by atoms with van der Waals surface area (Å²) in [5, 5.41) is 9.64. The van der Waals surface area contributed by atoms with Gasteiger partial charge in [0.15, 0.2) is 0 Å². The first-order valence-corrected chi connectivity index (χ1v) is 6.42. The molecule has 1 aromatic rings. The Bertz CT molecular complexity index is 486. The molecule has 7 heteroatoms. The topological polar surface area (TPSA) is 76.1 Å². The lowest BCUT2D eigenvalue weighted by Crippen LogP contribution is -2.39. The maximum atomic E-state index is 13.7. The molecule has 1 rings (SSSR count). The minimum atomic E-state index is -0.855. The summed E-state index contributed by atoms with van der Waals surface area (Å²) in [4.78, 5) is 24.9. The minimum Gasteiger partial charge on any atom is -0.507 e. The van der Waals surface area contributed by atoms with Crippen LogP contribution in [0.1, 0.15) is 17.3 Å². The highest BCUT2D eigenvalue weighted by molar-refractivity contribution is 5.98. The normalized spacial score (nSPS) is 10.2. The molecule has 0 bridgehead atoms. The summed E-state index contributed by atoms with van der Waals surface area (Å²) >= 11 is 0. The zero-order valence-corrected chi connectivity index (χ0v) is 12.0. The lowest BCUT2D eigenvalue weighted by atomic mass is 10.1. The van der Waals surface area contributed by atoms with E-state index in [0.717, 1.165) is 11.0 Å². The molecule has 1 N–H and O–H groups in total. The van der Waals surface area contributed by atoms with E-state index in [2.05, 4.69) is 0 Å². The highest BCUT2D eigenvalue weighted by atomic mass is 19.1. The Labute approximate surface area is 122 Å². The van der Waals surface area contributed by atoms with E-state index in [4.69, 9.17) is 9.47 Å². The van der Waals surface area contributed by atoms with Crippen LogP contribution in [0.3, 0.4) is 0 Å². The molecule has 0 aliphatic carbocycles. The second-order valence-electron chi connectivity index (χ2n) is 4.16. The second-order valence-corrected chi connectivity index (χ2v) is 4.16. The largest absolute Gasteiger partial charge is 0.507 e. The van der Waals surface area contributed by atoms with Gasteiger partial charge in [-0.15, -0.1) is 0 Å². The molecule has 1 aromatic carbocycles. The van der Waals surface area contributed by atoms with Crippen LogP contribution in [0.5, 0.6) is 5.75 Å². The second kappa shape index (κ2) is 8.21.